The number of nitrogens with zero attached hydrogens (tertiary/aromatic N) is 6. The molecule has 0 bridgehead atoms. The van der Waals surface area contributed by atoms with Crippen molar-refractivity contribution >= 4 is 5.82 Å². The van der Waals surface area contributed by atoms with Gasteiger partial charge in [0.05, 0.1) is 24.8 Å². The van der Waals surface area contributed by atoms with E-state index in [1.807, 2.05) is 17.7 Å². The molecule has 19 heavy (non-hydrogen) atoms. The largest absolute Gasteiger partial charge is 0.384 e. The Bertz CT molecular complexity index is 680. The summed E-state index contributed by atoms with van der Waals surface area (Å²) in [6.07, 6.45) is 6.95. The summed E-state index contributed by atoms with van der Waals surface area (Å²) in [5.41, 5.74) is 7.51. The number of hydrogen-bond donors (Lipinski definition) is 1. The summed E-state index contributed by atoms with van der Waals surface area (Å²) in [7, 11) is 1.84. The summed E-state index contributed by atoms with van der Waals surface area (Å²) in [6, 6.07) is 3.69. The third-order valence-corrected chi connectivity index (χ3v) is 2.75. The average molecular weight is 255 g/mol. The van der Waals surface area contributed by atoms with Crippen LogP contribution in [0.3, 0.4) is 0 Å². The third-order valence-electron chi connectivity index (χ3n) is 2.75. The van der Waals surface area contributed by atoms with E-state index in [2.05, 4.69) is 20.1 Å². The Hall–Kier alpha value is -2.70. The second kappa shape index (κ2) is 4.52. The van der Waals surface area contributed by atoms with Gasteiger partial charge in [0.15, 0.2) is 5.82 Å². The van der Waals surface area contributed by atoms with Gasteiger partial charge in [0, 0.05) is 18.8 Å². The van der Waals surface area contributed by atoms with E-state index in [9.17, 15) is 0 Å². The summed E-state index contributed by atoms with van der Waals surface area (Å²) >= 11 is 0. The number of anilines is 1. The zero-order valence-corrected chi connectivity index (χ0v) is 10.4. The molecule has 0 aliphatic rings. The average Bonchev–Trinajstić information content (AvgIpc) is 3.00. The van der Waals surface area contributed by atoms with Crippen molar-refractivity contribution in [2.24, 2.45) is 7.05 Å². The molecule has 0 aliphatic heterocycles. The molecule has 96 valence electrons. The maximum atomic E-state index is 5.59. The minimum atomic E-state index is 0.501. The SMILES string of the molecule is Cn1cnc(Cn2cncc2-c2ccc(N)nc2)n1. The van der Waals surface area contributed by atoms with Crippen LogP contribution in [0.25, 0.3) is 11.3 Å². The molecule has 7 nitrogen and oxygen atoms in total. The molecule has 0 amide bonds. The quantitative estimate of drug-likeness (QED) is 0.744. The van der Waals surface area contributed by atoms with E-state index in [1.165, 1.54) is 0 Å². The first-order valence-corrected chi connectivity index (χ1v) is 5.79. The molecule has 0 saturated heterocycles. The zero-order valence-electron chi connectivity index (χ0n) is 10.4. The molecule has 3 heterocycles. The van der Waals surface area contributed by atoms with Crippen LogP contribution in [-0.2, 0) is 13.6 Å². The second-order valence-electron chi connectivity index (χ2n) is 4.21. The van der Waals surface area contributed by atoms with E-state index in [4.69, 9.17) is 5.73 Å². The van der Waals surface area contributed by atoms with Gasteiger partial charge in [0.2, 0.25) is 0 Å². The summed E-state index contributed by atoms with van der Waals surface area (Å²) in [6.45, 7) is 0.570. The normalized spacial score (nSPS) is 10.8. The summed E-state index contributed by atoms with van der Waals surface area (Å²) < 4.78 is 3.65. The smallest absolute Gasteiger partial charge is 0.170 e. The first-order valence-electron chi connectivity index (χ1n) is 5.79. The second-order valence-corrected chi connectivity index (χ2v) is 4.21. The van der Waals surface area contributed by atoms with Crippen LogP contribution in [0.4, 0.5) is 5.82 Å². The monoisotopic (exact) mass is 255 g/mol. The van der Waals surface area contributed by atoms with Gasteiger partial charge in [0.1, 0.15) is 12.1 Å². The van der Waals surface area contributed by atoms with Crippen LogP contribution in [0, 0.1) is 0 Å². The lowest BCUT2D eigenvalue weighted by molar-refractivity contribution is 0.704. The summed E-state index contributed by atoms with van der Waals surface area (Å²) in [5.74, 6) is 1.24. The van der Waals surface area contributed by atoms with Gasteiger partial charge in [-0.1, -0.05) is 0 Å². The maximum Gasteiger partial charge on any atom is 0.170 e. The van der Waals surface area contributed by atoms with Crippen molar-refractivity contribution in [1.29, 1.82) is 0 Å². The highest BCUT2D eigenvalue weighted by molar-refractivity contribution is 5.59. The van der Waals surface area contributed by atoms with E-state index < -0.39 is 0 Å². The standard InChI is InChI=1S/C12H13N7/c1-18-8-16-12(17-18)6-19-7-14-5-10(19)9-2-3-11(13)15-4-9/h2-5,7-8H,6H2,1H3,(H2,13,15). The molecule has 0 fully saturated rings. The maximum absolute atomic E-state index is 5.59. The van der Waals surface area contributed by atoms with Crippen molar-refractivity contribution in [3.8, 4) is 11.3 Å². The van der Waals surface area contributed by atoms with Crippen molar-refractivity contribution < 1.29 is 0 Å². The van der Waals surface area contributed by atoms with E-state index in [0.29, 0.717) is 12.4 Å². The van der Waals surface area contributed by atoms with Gasteiger partial charge in [-0.05, 0) is 12.1 Å². The van der Waals surface area contributed by atoms with Crippen LogP contribution in [0.2, 0.25) is 0 Å². The minimum Gasteiger partial charge on any atom is -0.384 e. The Labute approximate surface area is 109 Å². The number of rotatable bonds is 3. The Balaban J connectivity index is 1.92. The molecular weight excluding hydrogens is 242 g/mol. The Morgan fingerprint density at radius 1 is 1.16 bits per heavy atom. The number of hydrogen-bond acceptors (Lipinski definition) is 5. The number of aromatic nitrogens is 6. The summed E-state index contributed by atoms with van der Waals surface area (Å²) in [5, 5.41) is 4.26. The van der Waals surface area contributed by atoms with E-state index in [-0.39, 0.29) is 0 Å². The van der Waals surface area contributed by atoms with Gasteiger partial charge < -0.3 is 10.3 Å². The van der Waals surface area contributed by atoms with Crippen LogP contribution >= 0.6 is 0 Å². The number of nitrogens with two attached hydrogens (primary N) is 1. The predicted octanol–water partition coefficient (Wildman–Crippen LogP) is 0.704. The van der Waals surface area contributed by atoms with E-state index in [1.54, 1.807) is 35.8 Å². The molecule has 0 unspecified atom stereocenters. The van der Waals surface area contributed by atoms with Crippen molar-refractivity contribution in [2.75, 3.05) is 5.73 Å². The van der Waals surface area contributed by atoms with Gasteiger partial charge in [-0.3, -0.25) is 4.68 Å². The topological polar surface area (TPSA) is 87.4 Å². The van der Waals surface area contributed by atoms with Crippen LogP contribution in [0.5, 0.6) is 0 Å². The Morgan fingerprint density at radius 2 is 2.05 bits per heavy atom. The zero-order chi connectivity index (χ0) is 13.2. The van der Waals surface area contributed by atoms with Crippen molar-refractivity contribution in [2.45, 2.75) is 6.54 Å². The lowest BCUT2D eigenvalue weighted by Gasteiger charge is -2.05. The molecule has 0 saturated carbocycles. The minimum absolute atomic E-state index is 0.501. The number of nitrogen functional groups attached to an aromatic ring is 1. The van der Waals surface area contributed by atoms with Crippen molar-refractivity contribution in [3.63, 3.8) is 0 Å². The first kappa shape index (κ1) is 11.4. The molecule has 0 radical (unpaired) electrons. The van der Waals surface area contributed by atoms with Crippen LogP contribution in [0.15, 0.2) is 37.2 Å². The van der Waals surface area contributed by atoms with Gasteiger partial charge in [-0.15, -0.1) is 0 Å². The van der Waals surface area contributed by atoms with Gasteiger partial charge in [-0.2, -0.15) is 5.10 Å². The molecule has 0 atom stereocenters. The lowest BCUT2D eigenvalue weighted by Crippen LogP contribution is -2.03. The molecule has 2 N–H and O–H groups in total. The number of pyridine rings is 1. The Kier molecular flexibility index (Phi) is 2.71. The Morgan fingerprint density at radius 3 is 2.74 bits per heavy atom. The molecule has 7 heteroatoms. The van der Waals surface area contributed by atoms with Crippen LogP contribution < -0.4 is 5.73 Å². The fourth-order valence-electron chi connectivity index (χ4n) is 1.85. The molecule has 0 spiro atoms. The highest BCUT2D eigenvalue weighted by atomic mass is 15.3. The molecule has 3 aromatic heterocycles. The fraction of sp³-hybridized carbons (Fsp3) is 0.167. The first-order chi connectivity index (χ1) is 9.22. The molecular formula is C12H13N7. The molecule has 3 aromatic rings. The molecule has 3 rings (SSSR count). The molecule has 0 aromatic carbocycles. The number of imidazole rings is 1. The van der Waals surface area contributed by atoms with Gasteiger partial charge in [0.25, 0.3) is 0 Å². The third kappa shape index (κ3) is 2.30. The highest BCUT2D eigenvalue weighted by Gasteiger charge is 2.08. The lowest BCUT2D eigenvalue weighted by atomic mass is 10.2. The number of aryl methyl sites for hydroxylation is 1. The molecule has 0 aliphatic carbocycles. The van der Waals surface area contributed by atoms with Gasteiger partial charge in [-0.25, -0.2) is 15.0 Å². The van der Waals surface area contributed by atoms with Crippen molar-refractivity contribution in [1.82, 2.24) is 29.3 Å². The van der Waals surface area contributed by atoms with E-state index >= 15 is 0 Å². The van der Waals surface area contributed by atoms with Gasteiger partial charge >= 0.3 is 0 Å². The fourth-order valence-corrected chi connectivity index (χ4v) is 1.85. The van der Waals surface area contributed by atoms with E-state index in [0.717, 1.165) is 17.1 Å². The predicted molar refractivity (Wildman–Crippen MR) is 70.0 cm³/mol. The van der Waals surface area contributed by atoms with Crippen molar-refractivity contribution in [3.05, 3.63) is 43.0 Å². The highest BCUT2D eigenvalue weighted by Crippen LogP contribution is 2.19. The summed E-state index contributed by atoms with van der Waals surface area (Å²) in [4.78, 5) is 12.5. The van der Waals surface area contributed by atoms with Crippen LogP contribution in [0.1, 0.15) is 5.82 Å². The van der Waals surface area contributed by atoms with Crippen LogP contribution in [-0.4, -0.2) is 29.3 Å².